The van der Waals surface area contributed by atoms with Crippen LogP contribution in [-0.2, 0) is 23.8 Å². The number of hydrogen-bond acceptors (Lipinski definition) is 7. The molecule has 2 unspecified atom stereocenters. The van der Waals surface area contributed by atoms with Crippen molar-refractivity contribution >= 4 is 11.9 Å². The van der Waals surface area contributed by atoms with Crippen LogP contribution < -0.4 is 11.2 Å². The van der Waals surface area contributed by atoms with E-state index in [0.29, 0.717) is 0 Å². The fraction of sp³-hybridized carbons (Fsp3) is 0.571. The van der Waals surface area contributed by atoms with E-state index in [1.165, 1.54) is 0 Å². The van der Waals surface area contributed by atoms with Crippen LogP contribution in [0.5, 0.6) is 0 Å². The van der Waals surface area contributed by atoms with Crippen molar-refractivity contribution in [2.75, 3.05) is 6.61 Å². The van der Waals surface area contributed by atoms with Gasteiger partial charge in [0.15, 0.2) is 18.0 Å². The number of carbonyl (C=O) groups excluding carboxylic acids is 2. The second kappa shape index (κ2) is 6.56. The van der Waals surface area contributed by atoms with Crippen molar-refractivity contribution < 1.29 is 28.2 Å². The summed E-state index contributed by atoms with van der Waals surface area (Å²) in [5, 5.41) is 0. The van der Waals surface area contributed by atoms with E-state index in [2.05, 4.69) is 0 Å². The summed E-state index contributed by atoms with van der Waals surface area (Å²) >= 11 is 0. The fourth-order valence-corrected chi connectivity index (χ4v) is 2.52. The molecule has 1 saturated heterocycles. The maximum absolute atomic E-state index is 15.2. The summed E-state index contributed by atoms with van der Waals surface area (Å²) in [6.45, 7) is 2.99. The van der Waals surface area contributed by atoms with E-state index in [4.69, 9.17) is 14.2 Å². The predicted octanol–water partition coefficient (Wildman–Crippen LogP) is -0.343. The first-order chi connectivity index (χ1) is 11.1. The molecule has 0 radical (unpaired) electrons. The highest BCUT2D eigenvalue weighted by atomic mass is 19.1. The van der Waals surface area contributed by atoms with Gasteiger partial charge in [-0.15, -0.1) is 0 Å². The minimum atomic E-state index is -2.31. The second-order valence-electron chi connectivity index (χ2n) is 5.53. The van der Waals surface area contributed by atoms with Crippen LogP contribution in [0.15, 0.2) is 21.9 Å². The first-order valence-corrected chi connectivity index (χ1v) is 7.09. The summed E-state index contributed by atoms with van der Waals surface area (Å²) in [7, 11) is 0. The number of H-pyrrole nitrogens is 1. The molecule has 1 aliphatic rings. The van der Waals surface area contributed by atoms with Crippen LogP contribution in [0.4, 0.5) is 4.39 Å². The highest BCUT2D eigenvalue weighted by Crippen LogP contribution is 2.42. The van der Waals surface area contributed by atoms with Crippen LogP contribution in [0.25, 0.3) is 0 Å². The molecule has 0 bridgehead atoms. The van der Waals surface area contributed by atoms with Gasteiger partial charge >= 0.3 is 17.6 Å². The molecule has 0 spiro atoms. The molecule has 24 heavy (non-hydrogen) atoms. The zero-order chi connectivity index (χ0) is 18.1. The molecule has 132 valence electrons. The lowest BCUT2D eigenvalue weighted by atomic mass is 9.98. The second-order valence-corrected chi connectivity index (χ2v) is 5.53. The van der Waals surface area contributed by atoms with Crippen LogP contribution in [-0.4, -0.2) is 46.0 Å². The van der Waals surface area contributed by atoms with Crippen molar-refractivity contribution in [1.29, 1.82) is 0 Å². The third-order valence-electron chi connectivity index (χ3n) is 3.53. The number of halogens is 1. The Morgan fingerprint density at radius 2 is 2.04 bits per heavy atom. The number of nitrogens with one attached hydrogen (secondary N) is 1. The van der Waals surface area contributed by atoms with E-state index in [-0.39, 0.29) is 6.61 Å². The Bertz CT molecular complexity index is 754. The molecular formula is C14H17FN2O7. The molecule has 1 aromatic rings. The van der Waals surface area contributed by atoms with Gasteiger partial charge in [-0.3, -0.25) is 23.9 Å². The summed E-state index contributed by atoms with van der Waals surface area (Å²) in [5.41, 5.74) is -3.84. The van der Waals surface area contributed by atoms with Gasteiger partial charge in [0.2, 0.25) is 0 Å². The number of aromatic amines is 1. The topological polar surface area (TPSA) is 117 Å². The standard InChI is InChI=1S/C14H17FN2O7/c1-7(18)22-6-9-11(23-8(2)19)14(3,15)12(24-9)17-5-4-10(20)16-13(17)21/h4-5,9,11-12H,6H2,1-3H3,(H,16,20,21)/t9-,11?,12-,14?/m1/s1. The SMILES string of the molecule is CC(=O)OC[C@H]1O[C@@H](n2ccc(=O)[nH]c2=O)C(C)(F)C1OC(C)=O. The minimum absolute atomic E-state index is 0.360. The van der Waals surface area contributed by atoms with Crippen molar-refractivity contribution in [2.24, 2.45) is 0 Å². The molecular weight excluding hydrogens is 327 g/mol. The number of aromatic nitrogens is 2. The molecule has 9 nitrogen and oxygen atoms in total. The van der Waals surface area contributed by atoms with Gasteiger partial charge in [-0.05, 0) is 6.92 Å². The summed E-state index contributed by atoms with van der Waals surface area (Å²) in [5.74, 6) is -1.37. The fourth-order valence-electron chi connectivity index (χ4n) is 2.52. The average molecular weight is 344 g/mol. The lowest BCUT2D eigenvalue weighted by Crippen LogP contribution is -2.46. The molecule has 0 amide bonds. The van der Waals surface area contributed by atoms with E-state index in [0.717, 1.165) is 37.6 Å². The Hall–Kier alpha value is -2.49. The summed E-state index contributed by atoms with van der Waals surface area (Å²) in [6.07, 6.45) is -2.93. The van der Waals surface area contributed by atoms with Crippen molar-refractivity contribution in [1.82, 2.24) is 9.55 Å². The number of rotatable bonds is 4. The lowest BCUT2D eigenvalue weighted by molar-refractivity contribution is -0.158. The van der Waals surface area contributed by atoms with Gasteiger partial charge in [-0.2, -0.15) is 0 Å². The Morgan fingerprint density at radius 1 is 1.38 bits per heavy atom. The van der Waals surface area contributed by atoms with E-state index >= 15 is 4.39 Å². The zero-order valence-corrected chi connectivity index (χ0v) is 13.3. The molecule has 4 atom stereocenters. The molecule has 1 aromatic heterocycles. The van der Waals surface area contributed by atoms with Crippen molar-refractivity contribution in [3.63, 3.8) is 0 Å². The van der Waals surface area contributed by atoms with Gasteiger partial charge in [-0.1, -0.05) is 0 Å². The number of ether oxygens (including phenoxy) is 3. The van der Waals surface area contributed by atoms with E-state index in [1.807, 2.05) is 4.98 Å². The number of hydrogen-bond donors (Lipinski definition) is 1. The van der Waals surface area contributed by atoms with E-state index in [1.54, 1.807) is 0 Å². The molecule has 1 N–H and O–H groups in total. The number of esters is 2. The molecule has 0 saturated carbocycles. The Balaban J connectivity index is 2.38. The third-order valence-corrected chi connectivity index (χ3v) is 3.53. The highest BCUT2D eigenvalue weighted by Gasteiger charge is 2.58. The smallest absolute Gasteiger partial charge is 0.330 e. The number of alkyl halides is 1. The van der Waals surface area contributed by atoms with Crippen LogP contribution in [0.2, 0.25) is 0 Å². The molecule has 1 aliphatic heterocycles. The molecule has 10 heteroatoms. The predicted molar refractivity (Wildman–Crippen MR) is 76.9 cm³/mol. The van der Waals surface area contributed by atoms with Gasteiger partial charge in [-0.25, -0.2) is 9.18 Å². The maximum Gasteiger partial charge on any atom is 0.330 e. The molecule has 1 fully saturated rings. The van der Waals surface area contributed by atoms with Crippen molar-refractivity contribution in [3.05, 3.63) is 33.1 Å². The monoisotopic (exact) mass is 344 g/mol. The number of carbonyl (C=O) groups is 2. The maximum atomic E-state index is 15.2. The molecule has 0 aliphatic carbocycles. The quantitative estimate of drug-likeness (QED) is 0.742. The normalized spacial score (nSPS) is 29.2. The zero-order valence-electron chi connectivity index (χ0n) is 13.3. The first kappa shape index (κ1) is 17.9. The van der Waals surface area contributed by atoms with E-state index in [9.17, 15) is 19.2 Å². The molecule has 0 aromatic carbocycles. The van der Waals surface area contributed by atoms with Gasteiger partial charge in [0.25, 0.3) is 5.56 Å². The Morgan fingerprint density at radius 3 is 2.58 bits per heavy atom. The molecule has 2 rings (SSSR count). The van der Waals surface area contributed by atoms with Crippen molar-refractivity contribution in [3.8, 4) is 0 Å². The summed E-state index contributed by atoms with van der Waals surface area (Å²) in [4.78, 5) is 47.2. The molecule has 2 heterocycles. The van der Waals surface area contributed by atoms with E-state index < -0.39 is 47.3 Å². The van der Waals surface area contributed by atoms with Crippen LogP contribution in [0.1, 0.15) is 27.0 Å². The average Bonchev–Trinajstić information content (AvgIpc) is 2.68. The van der Waals surface area contributed by atoms with Gasteiger partial charge in [0, 0.05) is 26.1 Å². The largest absolute Gasteiger partial charge is 0.463 e. The minimum Gasteiger partial charge on any atom is -0.463 e. The number of nitrogens with zero attached hydrogens (tertiary/aromatic N) is 1. The summed E-state index contributed by atoms with van der Waals surface area (Å²) < 4.78 is 31.3. The van der Waals surface area contributed by atoms with Crippen molar-refractivity contribution in [2.45, 2.75) is 44.9 Å². The lowest BCUT2D eigenvalue weighted by Gasteiger charge is -2.27. The van der Waals surface area contributed by atoms with Gasteiger partial charge in [0.05, 0.1) is 0 Å². The third kappa shape index (κ3) is 3.53. The van der Waals surface area contributed by atoms with Gasteiger partial charge in [0.1, 0.15) is 12.7 Å². The van der Waals surface area contributed by atoms with Crippen LogP contribution >= 0.6 is 0 Å². The summed E-state index contributed by atoms with van der Waals surface area (Å²) in [6, 6.07) is 1.03. The van der Waals surface area contributed by atoms with Gasteiger partial charge < -0.3 is 14.2 Å². The van der Waals surface area contributed by atoms with Crippen LogP contribution in [0, 0.1) is 0 Å². The van der Waals surface area contributed by atoms with Crippen LogP contribution in [0.3, 0.4) is 0 Å². The first-order valence-electron chi connectivity index (χ1n) is 7.09. The Kier molecular flexibility index (Phi) is 4.88. The highest BCUT2D eigenvalue weighted by molar-refractivity contribution is 5.66. The Labute approximate surface area is 135 Å².